The quantitative estimate of drug-likeness (QED) is 0.183. The van der Waals surface area contributed by atoms with Crippen LogP contribution in [0.5, 0.6) is 5.75 Å². The minimum atomic E-state index is -0.101. The first-order valence-electron chi connectivity index (χ1n) is 16.6. The van der Waals surface area contributed by atoms with E-state index < -0.39 is 0 Å². The molecule has 0 unspecified atom stereocenters. The van der Waals surface area contributed by atoms with Crippen LogP contribution in [-0.2, 0) is 16.1 Å². The van der Waals surface area contributed by atoms with Gasteiger partial charge in [-0.25, -0.2) is 4.98 Å². The highest BCUT2D eigenvalue weighted by molar-refractivity contribution is 5.91. The van der Waals surface area contributed by atoms with Crippen molar-refractivity contribution in [2.45, 2.75) is 70.9 Å². The predicted molar refractivity (Wildman–Crippen MR) is 177 cm³/mol. The van der Waals surface area contributed by atoms with Crippen molar-refractivity contribution in [1.82, 2.24) is 19.8 Å². The molecule has 1 N–H and O–H groups in total. The summed E-state index contributed by atoms with van der Waals surface area (Å²) >= 11 is 0. The van der Waals surface area contributed by atoms with E-state index in [9.17, 15) is 4.79 Å². The third-order valence-electron chi connectivity index (χ3n) is 8.69. The lowest BCUT2D eigenvalue weighted by atomic mass is 10.0. The zero-order valence-electron chi connectivity index (χ0n) is 26.7. The van der Waals surface area contributed by atoms with Crippen LogP contribution in [0.1, 0.15) is 63.9 Å². The first kappa shape index (κ1) is 32.0. The lowest BCUT2D eigenvalue weighted by Gasteiger charge is -2.33. The Morgan fingerprint density at radius 1 is 0.932 bits per heavy atom. The van der Waals surface area contributed by atoms with Gasteiger partial charge in [0.1, 0.15) is 11.6 Å². The van der Waals surface area contributed by atoms with E-state index in [-0.39, 0.29) is 5.97 Å². The van der Waals surface area contributed by atoms with Crippen LogP contribution in [0.3, 0.4) is 0 Å². The molecule has 5 rings (SSSR count). The van der Waals surface area contributed by atoms with Crippen molar-refractivity contribution in [2.24, 2.45) is 0 Å². The second-order valence-corrected chi connectivity index (χ2v) is 12.2. The number of likely N-dealkylation sites (tertiary alicyclic amines) is 1. The topological polar surface area (TPSA) is 83.1 Å². The number of hydrogen-bond acceptors (Lipinski definition) is 9. The Morgan fingerprint density at radius 2 is 1.75 bits per heavy atom. The highest BCUT2D eigenvalue weighted by atomic mass is 16.5. The highest BCUT2D eigenvalue weighted by Crippen LogP contribution is 2.29. The van der Waals surface area contributed by atoms with Gasteiger partial charge in [-0.3, -0.25) is 9.69 Å². The van der Waals surface area contributed by atoms with E-state index >= 15 is 0 Å². The number of esters is 1. The third-order valence-corrected chi connectivity index (χ3v) is 8.69. The van der Waals surface area contributed by atoms with Crippen molar-refractivity contribution in [3.63, 3.8) is 0 Å². The number of fused-ring (bicyclic) bond motifs is 1. The molecule has 9 nitrogen and oxygen atoms in total. The van der Waals surface area contributed by atoms with Gasteiger partial charge in [-0.2, -0.15) is 4.98 Å². The minimum Gasteiger partial charge on any atom is -0.494 e. The molecule has 238 valence electrons. The monoisotopic (exact) mass is 602 g/mol. The maximum absolute atomic E-state index is 11.5. The Kier molecular flexibility index (Phi) is 12.1. The number of unbranched alkanes of at least 4 members (excludes halogenated alkanes) is 3. The average molecular weight is 603 g/mol. The number of rotatable bonds is 14. The Morgan fingerprint density at radius 3 is 2.57 bits per heavy atom. The normalized spacial score (nSPS) is 17.0. The van der Waals surface area contributed by atoms with E-state index in [4.69, 9.17) is 19.4 Å². The number of likely N-dealkylation sites (N-methyl/N-ethyl adjacent to an activating group) is 1. The van der Waals surface area contributed by atoms with Crippen LogP contribution in [0.25, 0.3) is 10.9 Å². The number of nitrogens with one attached hydrogen (secondary N) is 1. The number of anilines is 2. The van der Waals surface area contributed by atoms with Crippen LogP contribution in [0.2, 0.25) is 0 Å². The molecular weight excluding hydrogens is 552 g/mol. The fourth-order valence-electron chi connectivity index (χ4n) is 6.10. The molecule has 0 radical (unpaired) electrons. The molecule has 3 heterocycles. The van der Waals surface area contributed by atoms with Crippen LogP contribution in [0.4, 0.5) is 11.8 Å². The number of aromatic nitrogens is 2. The van der Waals surface area contributed by atoms with E-state index in [2.05, 4.69) is 69.5 Å². The van der Waals surface area contributed by atoms with Crippen molar-refractivity contribution < 1.29 is 14.3 Å². The summed E-state index contributed by atoms with van der Waals surface area (Å²) in [5, 5.41) is 4.87. The number of piperidine rings is 1. The van der Waals surface area contributed by atoms with Crippen LogP contribution in [0.15, 0.2) is 48.5 Å². The maximum Gasteiger partial charge on any atom is 0.305 e. The molecule has 0 atom stereocenters. The van der Waals surface area contributed by atoms with Gasteiger partial charge in [-0.05, 0) is 70.3 Å². The molecule has 9 heteroatoms. The molecular formula is C35H50N6O3. The summed E-state index contributed by atoms with van der Waals surface area (Å²) in [6.07, 6.45) is 7.62. The molecule has 44 heavy (non-hydrogen) atoms. The van der Waals surface area contributed by atoms with E-state index in [1.165, 1.54) is 5.56 Å². The summed E-state index contributed by atoms with van der Waals surface area (Å²) in [4.78, 5) is 29.0. The second kappa shape index (κ2) is 16.6. The van der Waals surface area contributed by atoms with Gasteiger partial charge in [0.2, 0.25) is 5.95 Å². The van der Waals surface area contributed by atoms with Crippen molar-refractivity contribution in [3.8, 4) is 5.75 Å². The summed E-state index contributed by atoms with van der Waals surface area (Å²) in [5.74, 6) is 2.47. The van der Waals surface area contributed by atoms with Crippen molar-refractivity contribution in [2.75, 3.05) is 69.7 Å². The van der Waals surface area contributed by atoms with Crippen LogP contribution in [0, 0.1) is 0 Å². The zero-order chi connectivity index (χ0) is 30.6. The summed E-state index contributed by atoms with van der Waals surface area (Å²) in [6, 6.07) is 17.4. The molecule has 0 saturated carbocycles. The molecule has 2 aromatic carbocycles. The Bertz CT molecular complexity index is 1310. The zero-order valence-corrected chi connectivity index (χ0v) is 26.7. The third kappa shape index (κ3) is 9.53. The Balaban J connectivity index is 1.22. The second-order valence-electron chi connectivity index (χ2n) is 12.2. The van der Waals surface area contributed by atoms with Gasteiger partial charge < -0.3 is 24.6 Å². The molecule has 0 aliphatic carbocycles. The molecule has 2 saturated heterocycles. The summed E-state index contributed by atoms with van der Waals surface area (Å²) < 4.78 is 11.2. The molecule has 2 aliphatic rings. The molecule has 2 fully saturated rings. The summed E-state index contributed by atoms with van der Waals surface area (Å²) in [6.45, 7) is 10.1. The number of carbonyl (C=O) groups is 1. The number of benzene rings is 2. The molecule has 3 aromatic rings. The Hall–Kier alpha value is -3.43. The predicted octanol–water partition coefficient (Wildman–Crippen LogP) is 5.74. The van der Waals surface area contributed by atoms with Crippen molar-refractivity contribution in [1.29, 1.82) is 0 Å². The van der Waals surface area contributed by atoms with E-state index in [0.29, 0.717) is 25.7 Å². The summed E-state index contributed by atoms with van der Waals surface area (Å²) in [7, 11) is 2.19. The SMILES string of the molecule is CCOC(=O)CCCCCCOc1ccc2c(NC3CCN(Cc4ccccc4)CC3)nc(N3CCCN(C)CC3)nc2c1. The summed E-state index contributed by atoms with van der Waals surface area (Å²) in [5.41, 5.74) is 2.30. The van der Waals surface area contributed by atoms with Gasteiger partial charge in [-0.1, -0.05) is 43.2 Å². The first-order valence-corrected chi connectivity index (χ1v) is 16.6. The lowest BCUT2D eigenvalue weighted by molar-refractivity contribution is -0.143. The molecule has 1 aromatic heterocycles. The van der Waals surface area contributed by atoms with Crippen LogP contribution in [-0.4, -0.2) is 91.3 Å². The van der Waals surface area contributed by atoms with E-state index in [1.807, 2.05) is 13.0 Å². The largest absolute Gasteiger partial charge is 0.494 e. The van der Waals surface area contributed by atoms with Gasteiger partial charge in [-0.15, -0.1) is 0 Å². The van der Waals surface area contributed by atoms with Crippen molar-refractivity contribution >= 4 is 28.6 Å². The van der Waals surface area contributed by atoms with Gasteiger partial charge in [0.15, 0.2) is 0 Å². The van der Waals surface area contributed by atoms with Crippen molar-refractivity contribution in [3.05, 3.63) is 54.1 Å². The lowest BCUT2D eigenvalue weighted by Crippen LogP contribution is -2.39. The van der Waals surface area contributed by atoms with E-state index in [1.54, 1.807) is 0 Å². The van der Waals surface area contributed by atoms with Gasteiger partial charge in [0.05, 0.1) is 18.7 Å². The van der Waals surface area contributed by atoms with Gasteiger partial charge >= 0.3 is 5.97 Å². The number of nitrogens with zero attached hydrogens (tertiary/aromatic N) is 5. The number of ether oxygens (including phenoxy) is 2. The van der Waals surface area contributed by atoms with E-state index in [0.717, 1.165) is 119 Å². The molecule has 0 amide bonds. The fraction of sp³-hybridized carbons (Fsp3) is 0.571. The van der Waals surface area contributed by atoms with Gasteiger partial charge in [0, 0.05) is 63.2 Å². The molecule has 0 spiro atoms. The highest BCUT2D eigenvalue weighted by Gasteiger charge is 2.22. The van der Waals surface area contributed by atoms with Gasteiger partial charge in [0.25, 0.3) is 0 Å². The standard InChI is InChI=1S/C35H50N6O3/c1-3-43-33(42)14-9-4-5-10-25-44-30-15-16-31-32(26-30)37-35(41-20-11-19-39(2)23-24-41)38-34(31)36-29-17-21-40(22-18-29)27-28-12-7-6-8-13-28/h6-8,12-13,15-16,26,29H,3-5,9-11,14,17-25,27H2,1-2H3,(H,36,37,38). The smallest absolute Gasteiger partial charge is 0.305 e. The maximum atomic E-state index is 11.5. The van der Waals surface area contributed by atoms with Crippen LogP contribution >= 0.6 is 0 Å². The first-order chi connectivity index (χ1) is 21.6. The number of carbonyl (C=O) groups excluding carboxylic acids is 1. The number of hydrogen-bond donors (Lipinski definition) is 1. The molecule has 2 aliphatic heterocycles. The fourth-order valence-corrected chi connectivity index (χ4v) is 6.10. The minimum absolute atomic E-state index is 0.101. The average Bonchev–Trinajstić information content (AvgIpc) is 3.26. The van der Waals surface area contributed by atoms with Crippen LogP contribution < -0.4 is 15.0 Å². The molecule has 0 bridgehead atoms. The Labute approximate surface area is 262 Å².